The van der Waals surface area contributed by atoms with E-state index in [9.17, 15) is 4.79 Å². The number of hydrogen-bond acceptors (Lipinski definition) is 3. The minimum absolute atomic E-state index is 0.0319. The predicted octanol–water partition coefficient (Wildman–Crippen LogP) is 1.50. The molecular weight excluding hydrogens is 194 g/mol. The first kappa shape index (κ1) is 10.7. The minimum Gasteiger partial charge on any atom is -0.447 e. The van der Waals surface area contributed by atoms with Gasteiger partial charge in [-0.1, -0.05) is 0 Å². The summed E-state index contributed by atoms with van der Waals surface area (Å²) in [4.78, 5) is 13.5. The van der Waals surface area contributed by atoms with Gasteiger partial charge >= 0.3 is 6.09 Å². The molecule has 0 aromatic heterocycles. The van der Waals surface area contributed by atoms with Gasteiger partial charge in [0.25, 0.3) is 0 Å². The molecular formula is C11H19NO3. The molecule has 4 heteroatoms. The van der Waals surface area contributed by atoms with Crippen molar-refractivity contribution >= 4 is 6.09 Å². The van der Waals surface area contributed by atoms with Crippen LogP contribution >= 0.6 is 0 Å². The van der Waals surface area contributed by atoms with Crippen molar-refractivity contribution in [2.24, 2.45) is 11.8 Å². The van der Waals surface area contributed by atoms with Crippen LogP contribution < -0.4 is 0 Å². The Hall–Kier alpha value is -0.770. The van der Waals surface area contributed by atoms with E-state index in [4.69, 9.17) is 9.47 Å². The van der Waals surface area contributed by atoms with Crippen molar-refractivity contribution in [3.8, 4) is 0 Å². The molecule has 0 aromatic carbocycles. The van der Waals surface area contributed by atoms with Gasteiger partial charge in [-0.2, -0.15) is 0 Å². The molecule has 2 unspecified atom stereocenters. The van der Waals surface area contributed by atoms with Gasteiger partial charge in [-0.15, -0.1) is 0 Å². The molecule has 1 amide bonds. The molecule has 2 rings (SSSR count). The van der Waals surface area contributed by atoms with E-state index in [1.165, 1.54) is 6.42 Å². The number of hydrogen-bond donors (Lipinski definition) is 0. The average Bonchev–Trinajstić information content (AvgIpc) is 2.16. The first-order valence-corrected chi connectivity index (χ1v) is 5.68. The molecule has 4 nitrogen and oxygen atoms in total. The van der Waals surface area contributed by atoms with E-state index >= 15 is 0 Å². The number of piperidine rings is 1. The Bertz CT molecular complexity index is 230. The lowest BCUT2D eigenvalue weighted by Crippen LogP contribution is -2.49. The van der Waals surface area contributed by atoms with Crippen molar-refractivity contribution in [2.45, 2.75) is 26.4 Å². The van der Waals surface area contributed by atoms with Crippen LogP contribution in [0.5, 0.6) is 0 Å². The highest BCUT2D eigenvalue weighted by Crippen LogP contribution is 2.27. The second kappa shape index (κ2) is 4.39. The quantitative estimate of drug-likeness (QED) is 0.662. The summed E-state index contributed by atoms with van der Waals surface area (Å²) in [5.41, 5.74) is 0. The molecule has 0 spiro atoms. The number of carbonyl (C=O) groups excluding carboxylic acids is 1. The van der Waals surface area contributed by atoms with Crippen molar-refractivity contribution in [1.82, 2.24) is 4.90 Å². The summed E-state index contributed by atoms with van der Waals surface area (Å²) in [7, 11) is 0. The third-order valence-corrected chi connectivity index (χ3v) is 2.93. The van der Waals surface area contributed by atoms with E-state index < -0.39 is 0 Å². The molecule has 2 bridgehead atoms. The Morgan fingerprint density at radius 2 is 1.93 bits per heavy atom. The van der Waals surface area contributed by atoms with E-state index in [0.717, 1.165) is 26.3 Å². The monoisotopic (exact) mass is 213 g/mol. The summed E-state index contributed by atoms with van der Waals surface area (Å²) in [6, 6.07) is 0. The highest BCUT2D eigenvalue weighted by molar-refractivity contribution is 5.68. The number of ether oxygens (including phenoxy) is 2. The van der Waals surface area contributed by atoms with Crippen LogP contribution in [0.4, 0.5) is 4.79 Å². The van der Waals surface area contributed by atoms with Crippen LogP contribution in [0.1, 0.15) is 20.3 Å². The summed E-state index contributed by atoms with van der Waals surface area (Å²) >= 11 is 0. The zero-order valence-corrected chi connectivity index (χ0v) is 9.44. The molecule has 15 heavy (non-hydrogen) atoms. The van der Waals surface area contributed by atoms with Crippen molar-refractivity contribution in [1.29, 1.82) is 0 Å². The smallest absolute Gasteiger partial charge is 0.410 e. The van der Waals surface area contributed by atoms with Gasteiger partial charge < -0.3 is 14.4 Å². The number of amides is 1. The molecule has 86 valence electrons. The standard InChI is InChI=1S/C11H19NO3/c1-8(2)15-11(13)12-4-9-3-10(5-12)7-14-6-9/h8-10H,3-7H2,1-2H3. The highest BCUT2D eigenvalue weighted by atomic mass is 16.6. The van der Waals surface area contributed by atoms with Crippen LogP contribution in [-0.2, 0) is 9.47 Å². The van der Waals surface area contributed by atoms with Crippen LogP contribution in [-0.4, -0.2) is 43.4 Å². The molecule has 2 atom stereocenters. The molecule has 2 aliphatic rings. The first-order chi connectivity index (χ1) is 7.15. The zero-order chi connectivity index (χ0) is 10.8. The summed E-state index contributed by atoms with van der Waals surface area (Å²) in [5, 5.41) is 0. The Morgan fingerprint density at radius 1 is 1.33 bits per heavy atom. The third-order valence-electron chi connectivity index (χ3n) is 2.93. The Morgan fingerprint density at radius 3 is 2.47 bits per heavy atom. The average molecular weight is 213 g/mol. The van der Waals surface area contributed by atoms with Crippen molar-refractivity contribution in [2.75, 3.05) is 26.3 Å². The van der Waals surface area contributed by atoms with Gasteiger partial charge in [0.05, 0.1) is 19.3 Å². The SMILES string of the molecule is CC(C)OC(=O)N1CC2COCC(C2)C1. The van der Waals surface area contributed by atoms with Gasteiger partial charge in [0, 0.05) is 24.9 Å². The third kappa shape index (κ3) is 2.62. The molecule has 2 heterocycles. The Balaban J connectivity index is 1.90. The maximum Gasteiger partial charge on any atom is 0.410 e. The number of fused-ring (bicyclic) bond motifs is 2. The van der Waals surface area contributed by atoms with Gasteiger partial charge in [-0.05, 0) is 20.3 Å². The Kier molecular flexibility index (Phi) is 3.14. The molecule has 2 aliphatic heterocycles. The van der Waals surface area contributed by atoms with Crippen LogP contribution in [0.3, 0.4) is 0 Å². The van der Waals surface area contributed by atoms with Crippen molar-refractivity contribution in [3.05, 3.63) is 0 Å². The van der Waals surface area contributed by atoms with Crippen LogP contribution in [0.15, 0.2) is 0 Å². The lowest BCUT2D eigenvalue weighted by atomic mass is 9.88. The van der Waals surface area contributed by atoms with Crippen LogP contribution in [0.25, 0.3) is 0 Å². The van der Waals surface area contributed by atoms with Gasteiger partial charge in [0.2, 0.25) is 0 Å². The first-order valence-electron chi connectivity index (χ1n) is 5.68. The number of carbonyl (C=O) groups is 1. The summed E-state index contributed by atoms with van der Waals surface area (Å²) in [6.45, 7) is 6.94. The molecule has 2 saturated heterocycles. The molecule has 0 N–H and O–H groups in total. The number of nitrogens with zero attached hydrogens (tertiary/aromatic N) is 1. The van der Waals surface area contributed by atoms with Crippen molar-refractivity contribution < 1.29 is 14.3 Å². The van der Waals surface area contributed by atoms with Gasteiger partial charge in [-0.3, -0.25) is 0 Å². The topological polar surface area (TPSA) is 38.8 Å². The van der Waals surface area contributed by atoms with E-state index in [2.05, 4.69) is 0 Å². The highest BCUT2D eigenvalue weighted by Gasteiger charge is 2.34. The molecule has 0 radical (unpaired) electrons. The fraction of sp³-hybridized carbons (Fsp3) is 0.909. The number of likely N-dealkylation sites (tertiary alicyclic amines) is 1. The Labute approximate surface area is 90.5 Å². The van der Waals surface area contributed by atoms with Gasteiger partial charge in [0.1, 0.15) is 0 Å². The lowest BCUT2D eigenvalue weighted by molar-refractivity contribution is -0.0408. The van der Waals surface area contributed by atoms with Crippen LogP contribution in [0, 0.1) is 11.8 Å². The van der Waals surface area contributed by atoms with E-state index in [1.807, 2.05) is 18.7 Å². The number of rotatable bonds is 1. The van der Waals surface area contributed by atoms with Crippen molar-refractivity contribution in [3.63, 3.8) is 0 Å². The molecule has 2 fully saturated rings. The fourth-order valence-electron chi connectivity index (χ4n) is 2.39. The second-order valence-corrected chi connectivity index (χ2v) is 4.84. The van der Waals surface area contributed by atoms with Gasteiger partial charge in [0.15, 0.2) is 0 Å². The maximum absolute atomic E-state index is 11.7. The summed E-state index contributed by atoms with van der Waals surface area (Å²) in [6.07, 6.45) is 1.00. The molecule has 0 aromatic rings. The fourth-order valence-corrected chi connectivity index (χ4v) is 2.39. The van der Waals surface area contributed by atoms with Crippen LogP contribution in [0.2, 0.25) is 0 Å². The van der Waals surface area contributed by atoms with Gasteiger partial charge in [-0.25, -0.2) is 4.79 Å². The summed E-state index contributed by atoms with van der Waals surface area (Å²) < 4.78 is 10.7. The predicted molar refractivity (Wildman–Crippen MR) is 55.6 cm³/mol. The molecule has 0 aliphatic carbocycles. The van der Waals surface area contributed by atoms with E-state index in [0.29, 0.717) is 11.8 Å². The summed E-state index contributed by atoms with van der Waals surface area (Å²) in [5.74, 6) is 1.02. The van der Waals surface area contributed by atoms with E-state index in [1.54, 1.807) is 0 Å². The maximum atomic E-state index is 11.7. The zero-order valence-electron chi connectivity index (χ0n) is 9.44. The minimum atomic E-state index is -0.165. The normalized spacial score (nSPS) is 30.5. The lowest BCUT2D eigenvalue weighted by Gasteiger charge is -2.40. The largest absolute Gasteiger partial charge is 0.447 e. The molecule has 0 saturated carbocycles. The second-order valence-electron chi connectivity index (χ2n) is 4.84. The van der Waals surface area contributed by atoms with E-state index in [-0.39, 0.29) is 12.2 Å².